The van der Waals surface area contributed by atoms with E-state index in [2.05, 4.69) is 0 Å². The Kier molecular flexibility index (Phi) is 4.62. The minimum Gasteiger partial charge on any atom is -0.480 e. The lowest BCUT2D eigenvalue weighted by Crippen LogP contribution is -2.35. The molecule has 5 heteroatoms. The highest BCUT2D eigenvalue weighted by Crippen LogP contribution is 2.26. The first-order valence-electron chi connectivity index (χ1n) is 8.03. The molecule has 3 aromatic rings. The van der Waals surface area contributed by atoms with E-state index in [0.29, 0.717) is 6.54 Å². The van der Waals surface area contributed by atoms with Crippen LogP contribution in [-0.4, -0.2) is 37.9 Å². The first-order chi connectivity index (χ1) is 11.6. The molecule has 0 aliphatic carbocycles. The molecule has 0 aliphatic rings. The monoisotopic (exact) mass is 323 g/mol. The molecule has 124 valence electrons. The molecule has 0 unspecified atom stereocenters. The van der Waals surface area contributed by atoms with Crippen LogP contribution in [0.4, 0.5) is 0 Å². The summed E-state index contributed by atoms with van der Waals surface area (Å²) in [6.45, 7) is 4.55. The largest absolute Gasteiger partial charge is 0.480 e. The maximum absolute atomic E-state index is 11.2. The highest BCUT2D eigenvalue weighted by molar-refractivity contribution is 5.69. The van der Waals surface area contributed by atoms with Crippen LogP contribution in [-0.2, 0) is 11.3 Å². The molecule has 5 nitrogen and oxygen atoms in total. The van der Waals surface area contributed by atoms with Crippen LogP contribution in [0.25, 0.3) is 16.9 Å². The van der Waals surface area contributed by atoms with Crippen LogP contribution in [0.15, 0.2) is 54.7 Å². The van der Waals surface area contributed by atoms with Crippen LogP contribution < -0.4 is 0 Å². The van der Waals surface area contributed by atoms with E-state index in [9.17, 15) is 9.90 Å². The average Bonchev–Trinajstić information content (AvgIpc) is 2.93. The van der Waals surface area contributed by atoms with Gasteiger partial charge in [0.25, 0.3) is 0 Å². The predicted octanol–water partition coefficient (Wildman–Crippen LogP) is 3.30. The molecule has 0 atom stereocenters. The third kappa shape index (κ3) is 3.31. The van der Waals surface area contributed by atoms with Crippen LogP contribution in [0.5, 0.6) is 0 Å². The highest BCUT2D eigenvalue weighted by atomic mass is 16.4. The Labute approximate surface area is 141 Å². The van der Waals surface area contributed by atoms with Crippen molar-refractivity contribution < 1.29 is 9.90 Å². The summed E-state index contributed by atoms with van der Waals surface area (Å²) in [5.74, 6) is -0.821. The molecule has 0 bridgehead atoms. The lowest BCUT2D eigenvalue weighted by atomic mass is 10.1. The lowest BCUT2D eigenvalue weighted by molar-refractivity contribution is -0.139. The fourth-order valence-electron chi connectivity index (χ4n) is 2.81. The van der Waals surface area contributed by atoms with Crippen molar-refractivity contribution in [1.29, 1.82) is 0 Å². The van der Waals surface area contributed by atoms with Gasteiger partial charge in [-0.3, -0.25) is 9.69 Å². The van der Waals surface area contributed by atoms with Crippen molar-refractivity contribution in [2.75, 3.05) is 6.54 Å². The molecule has 1 aromatic carbocycles. The Balaban J connectivity index is 2.09. The first-order valence-corrected chi connectivity index (χ1v) is 8.03. The second-order valence-electron chi connectivity index (χ2n) is 6.09. The van der Waals surface area contributed by atoms with Gasteiger partial charge in [0.1, 0.15) is 5.65 Å². The predicted molar refractivity (Wildman–Crippen MR) is 93.8 cm³/mol. The summed E-state index contributed by atoms with van der Waals surface area (Å²) >= 11 is 0. The molecule has 0 radical (unpaired) electrons. The second kappa shape index (κ2) is 6.84. The molecule has 0 amide bonds. The van der Waals surface area contributed by atoms with Gasteiger partial charge in [-0.1, -0.05) is 36.4 Å². The van der Waals surface area contributed by atoms with E-state index in [1.165, 1.54) is 0 Å². The van der Waals surface area contributed by atoms with E-state index in [0.717, 1.165) is 22.6 Å². The molecule has 2 aromatic heterocycles. The van der Waals surface area contributed by atoms with Crippen molar-refractivity contribution in [3.05, 3.63) is 60.4 Å². The third-order valence-electron chi connectivity index (χ3n) is 4.10. The maximum atomic E-state index is 11.2. The number of aromatic nitrogens is 2. The third-order valence-corrected chi connectivity index (χ3v) is 4.10. The van der Waals surface area contributed by atoms with Gasteiger partial charge in [-0.15, -0.1) is 0 Å². The smallest absolute Gasteiger partial charge is 0.317 e. The zero-order valence-corrected chi connectivity index (χ0v) is 13.9. The van der Waals surface area contributed by atoms with E-state index in [1.54, 1.807) is 0 Å². The van der Waals surface area contributed by atoms with Gasteiger partial charge in [0, 0.05) is 24.3 Å². The molecule has 24 heavy (non-hydrogen) atoms. The van der Waals surface area contributed by atoms with Crippen molar-refractivity contribution in [2.24, 2.45) is 0 Å². The van der Waals surface area contributed by atoms with Crippen LogP contribution >= 0.6 is 0 Å². The van der Waals surface area contributed by atoms with Crippen LogP contribution in [0.1, 0.15) is 19.5 Å². The number of imidazole rings is 1. The topological polar surface area (TPSA) is 57.8 Å². The number of hydrogen-bond donors (Lipinski definition) is 1. The van der Waals surface area contributed by atoms with E-state index in [1.807, 2.05) is 77.9 Å². The number of pyridine rings is 1. The minimum absolute atomic E-state index is 0.00592. The Bertz CT molecular complexity index is 840. The number of rotatable bonds is 6. The summed E-state index contributed by atoms with van der Waals surface area (Å²) < 4.78 is 2.04. The standard InChI is InChI=1S/C19H21N3O2/c1-14(2)21(13-18(23)24)12-16-19(15-8-4-3-5-9-15)20-17-10-6-7-11-22(16)17/h3-11,14H,12-13H2,1-2H3,(H,23,24). The molecule has 0 saturated carbocycles. The number of carboxylic acids is 1. The summed E-state index contributed by atoms with van der Waals surface area (Å²) in [6.07, 6.45) is 1.98. The summed E-state index contributed by atoms with van der Waals surface area (Å²) in [6, 6.07) is 16.0. The number of carbonyl (C=O) groups is 1. The number of nitrogens with zero attached hydrogens (tertiary/aromatic N) is 3. The summed E-state index contributed by atoms with van der Waals surface area (Å²) in [5, 5.41) is 9.20. The zero-order chi connectivity index (χ0) is 17.1. The zero-order valence-electron chi connectivity index (χ0n) is 13.9. The fraction of sp³-hybridized carbons (Fsp3) is 0.263. The average molecular weight is 323 g/mol. The first kappa shape index (κ1) is 16.2. The van der Waals surface area contributed by atoms with Gasteiger partial charge >= 0.3 is 5.97 Å². The van der Waals surface area contributed by atoms with Gasteiger partial charge in [-0.05, 0) is 26.0 Å². The lowest BCUT2D eigenvalue weighted by Gasteiger charge is -2.24. The van der Waals surface area contributed by atoms with Crippen molar-refractivity contribution in [1.82, 2.24) is 14.3 Å². The molecule has 2 heterocycles. The van der Waals surface area contributed by atoms with E-state index in [4.69, 9.17) is 4.98 Å². The van der Waals surface area contributed by atoms with E-state index < -0.39 is 5.97 Å². The summed E-state index contributed by atoms with van der Waals surface area (Å²) in [4.78, 5) is 17.9. The van der Waals surface area contributed by atoms with Crippen LogP contribution in [0.3, 0.4) is 0 Å². The van der Waals surface area contributed by atoms with Crippen molar-refractivity contribution >= 4 is 11.6 Å². The molecular weight excluding hydrogens is 302 g/mol. The Hall–Kier alpha value is -2.66. The highest BCUT2D eigenvalue weighted by Gasteiger charge is 2.20. The number of benzene rings is 1. The van der Waals surface area contributed by atoms with E-state index in [-0.39, 0.29) is 12.6 Å². The number of hydrogen-bond acceptors (Lipinski definition) is 3. The Morgan fingerprint density at radius 1 is 1.17 bits per heavy atom. The molecule has 0 fully saturated rings. The normalized spacial score (nSPS) is 11.5. The fourth-order valence-corrected chi connectivity index (χ4v) is 2.81. The van der Waals surface area contributed by atoms with Gasteiger partial charge in [-0.2, -0.15) is 0 Å². The molecular formula is C19H21N3O2. The molecule has 0 saturated heterocycles. The number of carboxylic acid groups (broad SMARTS) is 1. The molecule has 0 aliphatic heterocycles. The van der Waals surface area contributed by atoms with Gasteiger partial charge in [0.05, 0.1) is 17.9 Å². The summed E-state index contributed by atoms with van der Waals surface area (Å²) in [5.41, 5.74) is 3.81. The molecule has 0 spiro atoms. The van der Waals surface area contributed by atoms with Crippen LogP contribution in [0, 0.1) is 0 Å². The minimum atomic E-state index is -0.821. The number of aliphatic carboxylic acids is 1. The van der Waals surface area contributed by atoms with Crippen molar-refractivity contribution in [2.45, 2.75) is 26.4 Å². The molecule has 3 rings (SSSR count). The van der Waals surface area contributed by atoms with Gasteiger partial charge in [-0.25, -0.2) is 4.98 Å². The quantitative estimate of drug-likeness (QED) is 0.756. The van der Waals surface area contributed by atoms with Gasteiger partial charge in [0.2, 0.25) is 0 Å². The van der Waals surface area contributed by atoms with Crippen molar-refractivity contribution in [3.63, 3.8) is 0 Å². The Morgan fingerprint density at radius 3 is 2.54 bits per heavy atom. The SMILES string of the molecule is CC(C)N(CC(=O)O)Cc1c(-c2ccccc2)nc2ccccn12. The van der Waals surface area contributed by atoms with Gasteiger partial charge < -0.3 is 9.51 Å². The number of fused-ring (bicyclic) bond motifs is 1. The van der Waals surface area contributed by atoms with Crippen LogP contribution in [0.2, 0.25) is 0 Å². The maximum Gasteiger partial charge on any atom is 0.317 e. The second-order valence-corrected chi connectivity index (χ2v) is 6.09. The van der Waals surface area contributed by atoms with E-state index >= 15 is 0 Å². The Morgan fingerprint density at radius 2 is 1.88 bits per heavy atom. The molecule has 1 N–H and O–H groups in total. The summed E-state index contributed by atoms with van der Waals surface area (Å²) in [7, 11) is 0. The van der Waals surface area contributed by atoms with Crippen molar-refractivity contribution in [3.8, 4) is 11.3 Å². The van der Waals surface area contributed by atoms with Gasteiger partial charge in [0.15, 0.2) is 0 Å².